The second-order valence-corrected chi connectivity index (χ2v) is 7.63. The summed E-state index contributed by atoms with van der Waals surface area (Å²) in [6.45, 7) is 5.37. The lowest BCUT2D eigenvalue weighted by atomic mass is 10.0. The van der Waals surface area contributed by atoms with Crippen LogP contribution >= 0.6 is 0 Å². The number of pyridine rings is 1. The largest absolute Gasteiger partial charge is 0.393 e. The number of unbranched alkanes of at least 4 members (excludes halogenated alkanes) is 1. The number of aliphatic hydroxyl groups is 1. The smallest absolute Gasteiger partial charge is 0.168 e. The van der Waals surface area contributed by atoms with E-state index in [1.807, 2.05) is 30.3 Å². The van der Waals surface area contributed by atoms with Gasteiger partial charge in [0.05, 0.1) is 11.8 Å². The first kappa shape index (κ1) is 22.6. The quantitative estimate of drug-likeness (QED) is 0.300. The zero-order chi connectivity index (χ0) is 22.2. The van der Waals surface area contributed by atoms with E-state index in [2.05, 4.69) is 23.7 Å². The molecule has 4 heteroatoms. The number of aliphatic hydroxyl groups excluding tert-OH is 1. The first-order chi connectivity index (χ1) is 15.0. The maximum absolute atomic E-state index is 14.5. The molecule has 2 nitrogen and oxygen atoms in total. The Kier molecular flexibility index (Phi) is 7.85. The third kappa shape index (κ3) is 5.96. The van der Waals surface area contributed by atoms with Crippen molar-refractivity contribution >= 4 is 6.08 Å². The van der Waals surface area contributed by atoms with Crippen LogP contribution in [0.1, 0.15) is 37.3 Å². The highest BCUT2D eigenvalue weighted by molar-refractivity contribution is 5.68. The summed E-state index contributed by atoms with van der Waals surface area (Å²) in [7, 11) is 0. The van der Waals surface area contributed by atoms with Gasteiger partial charge in [-0.25, -0.2) is 8.78 Å². The molecule has 3 aromatic rings. The highest BCUT2D eigenvalue weighted by Gasteiger charge is 2.15. The fraction of sp³-hybridized carbons (Fsp3) is 0.222. The lowest BCUT2D eigenvalue weighted by Crippen LogP contribution is -1.97. The zero-order valence-corrected chi connectivity index (χ0v) is 17.7. The topological polar surface area (TPSA) is 33.1 Å². The SMILES string of the molecule is C=CCc1ccc(-c2ccc(-c3ccc(C=CCCCC(C)O)cc3)cn2)c(F)c1F. The summed E-state index contributed by atoms with van der Waals surface area (Å²) < 4.78 is 28.7. The van der Waals surface area contributed by atoms with Gasteiger partial charge in [0.25, 0.3) is 0 Å². The summed E-state index contributed by atoms with van der Waals surface area (Å²) in [6, 6.07) is 14.8. The highest BCUT2D eigenvalue weighted by atomic mass is 19.2. The van der Waals surface area contributed by atoms with Crippen molar-refractivity contribution in [1.29, 1.82) is 0 Å². The van der Waals surface area contributed by atoms with E-state index in [-0.39, 0.29) is 23.7 Å². The van der Waals surface area contributed by atoms with Crippen LogP contribution in [0.5, 0.6) is 0 Å². The predicted octanol–water partition coefficient (Wildman–Crippen LogP) is 6.99. The summed E-state index contributed by atoms with van der Waals surface area (Å²) in [5, 5.41) is 9.28. The van der Waals surface area contributed by atoms with Crippen molar-refractivity contribution in [3.63, 3.8) is 0 Å². The summed E-state index contributed by atoms with van der Waals surface area (Å²) >= 11 is 0. The molecule has 1 unspecified atom stereocenters. The van der Waals surface area contributed by atoms with Crippen molar-refractivity contribution in [2.24, 2.45) is 0 Å². The molecular formula is C27H27F2NO. The number of halogens is 2. The van der Waals surface area contributed by atoms with E-state index >= 15 is 0 Å². The van der Waals surface area contributed by atoms with Gasteiger partial charge in [-0.1, -0.05) is 54.6 Å². The van der Waals surface area contributed by atoms with E-state index in [0.29, 0.717) is 5.69 Å². The van der Waals surface area contributed by atoms with E-state index in [9.17, 15) is 13.9 Å². The molecule has 0 aliphatic heterocycles. The normalized spacial score (nSPS) is 12.3. The third-order valence-corrected chi connectivity index (χ3v) is 5.11. The van der Waals surface area contributed by atoms with E-state index in [4.69, 9.17) is 0 Å². The van der Waals surface area contributed by atoms with E-state index in [1.165, 1.54) is 0 Å². The van der Waals surface area contributed by atoms with Gasteiger partial charge in [0.15, 0.2) is 11.6 Å². The number of benzene rings is 2. The fourth-order valence-electron chi connectivity index (χ4n) is 3.36. The maximum Gasteiger partial charge on any atom is 0.168 e. The Labute approximate surface area is 182 Å². The molecule has 1 N–H and O–H groups in total. The molecule has 0 fully saturated rings. The molecule has 0 saturated carbocycles. The number of rotatable bonds is 9. The van der Waals surface area contributed by atoms with Crippen LogP contribution in [0.4, 0.5) is 8.78 Å². The van der Waals surface area contributed by atoms with Crippen LogP contribution in [-0.2, 0) is 6.42 Å². The molecule has 160 valence electrons. The van der Waals surface area contributed by atoms with Crippen LogP contribution in [0.25, 0.3) is 28.5 Å². The van der Waals surface area contributed by atoms with Crippen molar-refractivity contribution in [1.82, 2.24) is 4.98 Å². The molecule has 0 aliphatic carbocycles. The van der Waals surface area contributed by atoms with Crippen LogP contribution in [-0.4, -0.2) is 16.2 Å². The monoisotopic (exact) mass is 419 g/mol. The molecule has 0 spiro atoms. The van der Waals surface area contributed by atoms with Gasteiger partial charge in [-0.15, -0.1) is 6.58 Å². The average Bonchev–Trinajstić information content (AvgIpc) is 2.77. The summed E-state index contributed by atoms with van der Waals surface area (Å²) in [4.78, 5) is 4.35. The Morgan fingerprint density at radius 1 is 1.00 bits per heavy atom. The van der Waals surface area contributed by atoms with Crippen molar-refractivity contribution in [2.75, 3.05) is 0 Å². The Balaban J connectivity index is 1.70. The van der Waals surface area contributed by atoms with Gasteiger partial charge >= 0.3 is 0 Å². The second kappa shape index (κ2) is 10.8. The molecule has 0 aliphatic rings. The minimum absolute atomic E-state index is 0.146. The fourth-order valence-corrected chi connectivity index (χ4v) is 3.36. The molecule has 1 heterocycles. The molecule has 1 aromatic heterocycles. The van der Waals surface area contributed by atoms with Crippen LogP contribution in [0.3, 0.4) is 0 Å². The standard InChI is InChI=1S/C27H27F2NO/c1-3-7-22-14-16-24(27(29)26(22)28)25-17-15-23(18-30-25)21-12-10-20(11-13-21)9-6-4-5-8-19(2)31/h3,6,9-19,31H,1,4-5,7-8H2,2H3. The first-order valence-electron chi connectivity index (χ1n) is 10.5. The molecule has 31 heavy (non-hydrogen) atoms. The van der Waals surface area contributed by atoms with Gasteiger partial charge in [-0.05, 0) is 61.4 Å². The van der Waals surface area contributed by atoms with E-state index in [1.54, 1.807) is 37.4 Å². The van der Waals surface area contributed by atoms with Crippen LogP contribution in [0, 0.1) is 11.6 Å². The lowest BCUT2D eigenvalue weighted by Gasteiger charge is -2.08. The van der Waals surface area contributed by atoms with E-state index in [0.717, 1.165) is 36.0 Å². The molecule has 3 rings (SSSR count). The summed E-state index contributed by atoms with van der Waals surface area (Å²) in [5.41, 5.74) is 3.82. The van der Waals surface area contributed by atoms with Gasteiger partial charge in [-0.2, -0.15) is 0 Å². The van der Waals surface area contributed by atoms with Gasteiger partial charge in [-0.3, -0.25) is 4.98 Å². The van der Waals surface area contributed by atoms with Crippen molar-refractivity contribution in [2.45, 2.75) is 38.7 Å². The second-order valence-electron chi connectivity index (χ2n) is 7.63. The zero-order valence-electron chi connectivity index (χ0n) is 17.7. The van der Waals surface area contributed by atoms with Gasteiger partial charge in [0.2, 0.25) is 0 Å². The average molecular weight is 420 g/mol. The molecule has 0 saturated heterocycles. The van der Waals surface area contributed by atoms with Gasteiger partial charge < -0.3 is 5.11 Å². The van der Waals surface area contributed by atoms with Crippen LogP contribution in [0.2, 0.25) is 0 Å². The number of allylic oxidation sites excluding steroid dienone is 2. The van der Waals surface area contributed by atoms with Crippen molar-refractivity contribution < 1.29 is 13.9 Å². The molecular weight excluding hydrogens is 392 g/mol. The van der Waals surface area contributed by atoms with Crippen LogP contribution in [0.15, 0.2) is 73.5 Å². The molecule has 1 atom stereocenters. The van der Waals surface area contributed by atoms with Crippen molar-refractivity contribution in [3.8, 4) is 22.4 Å². The molecule has 0 bridgehead atoms. The Morgan fingerprint density at radius 3 is 2.39 bits per heavy atom. The number of nitrogens with zero attached hydrogens (tertiary/aromatic N) is 1. The Hall–Kier alpha value is -3.11. The van der Waals surface area contributed by atoms with Crippen molar-refractivity contribution in [3.05, 3.63) is 96.2 Å². The third-order valence-electron chi connectivity index (χ3n) is 5.11. The number of hydrogen-bond donors (Lipinski definition) is 1. The first-order valence-corrected chi connectivity index (χ1v) is 10.5. The number of hydrogen-bond acceptors (Lipinski definition) is 2. The van der Waals surface area contributed by atoms with Gasteiger partial charge in [0.1, 0.15) is 0 Å². The highest BCUT2D eigenvalue weighted by Crippen LogP contribution is 2.27. The minimum atomic E-state index is -0.885. The number of aromatic nitrogens is 1. The summed E-state index contributed by atoms with van der Waals surface area (Å²) in [5.74, 6) is -1.73. The summed E-state index contributed by atoms with van der Waals surface area (Å²) in [6.07, 6.45) is 10.1. The maximum atomic E-state index is 14.5. The Morgan fingerprint density at radius 2 is 1.74 bits per heavy atom. The van der Waals surface area contributed by atoms with Gasteiger partial charge in [0, 0.05) is 17.3 Å². The molecule has 0 radical (unpaired) electrons. The lowest BCUT2D eigenvalue weighted by molar-refractivity contribution is 0.182. The van der Waals surface area contributed by atoms with E-state index < -0.39 is 11.6 Å². The molecule has 2 aromatic carbocycles. The predicted molar refractivity (Wildman–Crippen MR) is 123 cm³/mol. The minimum Gasteiger partial charge on any atom is -0.393 e. The molecule has 0 amide bonds. The Bertz CT molecular complexity index is 1040. The van der Waals surface area contributed by atoms with Crippen LogP contribution < -0.4 is 0 Å².